The van der Waals surface area contributed by atoms with Gasteiger partial charge in [-0.2, -0.15) is 0 Å². The van der Waals surface area contributed by atoms with Crippen molar-refractivity contribution in [1.29, 1.82) is 0 Å². The molecule has 1 saturated heterocycles. The summed E-state index contributed by atoms with van der Waals surface area (Å²) in [7, 11) is 1.99. The highest BCUT2D eigenvalue weighted by atomic mass is 19.4. The Morgan fingerprint density at radius 3 is 2.30 bits per heavy atom. The Morgan fingerprint density at radius 1 is 1.00 bits per heavy atom. The topological polar surface area (TPSA) is 50.6 Å². The maximum absolute atomic E-state index is 13.7. The van der Waals surface area contributed by atoms with Crippen LogP contribution in [-0.4, -0.2) is 54.0 Å². The Kier molecular flexibility index (Phi) is 5.10. The number of alkyl halides is 3. The lowest BCUT2D eigenvalue weighted by Gasteiger charge is -2.34. The Hall–Kier alpha value is -3.14. The molecule has 0 radical (unpaired) electrons. The highest BCUT2D eigenvalue weighted by Gasteiger charge is 2.31. The van der Waals surface area contributed by atoms with Crippen molar-refractivity contribution in [2.24, 2.45) is 0 Å². The third-order valence-corrected chi connectivity index (χ3v) is 4.93. The van der Waals surface area contributed by atoms with Crippen LogP contribution in [0.2, 0.25) is 0 Å². The highest BCUT2D eigenvalue weighted by molar-refractivity contribution is 5.79. The minimum Gasteiger partial charge on any atom is -0.406 e. The standard InChI is InChI=1S/C20H18F4N4O2/c1-26-8-10-27(11-9-26)19-25-17-7-2-13(21)12-16(17)18(29)28(19)14-3-5-15(6-4-14)30-20(22,23)24/h2-7,12H,8-11H2,1H3. The normalized spacial score (nSPS) is 15.6. The van der Waals surface area contributed by atoms with Gasteiger partial charge in [-0.05, 0) is 49.5 Å². The van der Waals surface area contributed by atoms with Crippen molar-refractivity contribution in [3.05, 3.63) is 58.6 Å². The first kappa shape index (κ1) is 20.1. The largest absolute Gasteiger partial charge is 0.573 e. The lowest BCUT2D eigenvalue weighted by Crippen LogP contribution is -2.46. The highest BCUT2D eigenvalue weighted by Crippen LogP contribution is 2.26. The molecule has 10 heteroatoms. The van der Waals surface area contributed by atoms with E-state index in [-0.39, 0.29) is 5.39 Å². The van der Waals surface area contributed by atoms with Gasteiger partial charge >= 0.3 is 6.36 Å². The van der Waals surface area contributed by atoms with Gasteiger partial charge in [-0.3, -0.25) is 4.79 Å². The number of aromatic nitrogens is 2. The van der Waals surface area contributed by atoms with Crippen LogP contribution in [0, 0.1) is 5.82 Å². The molecule has 0 N–H and O–H groups in total. The van der Waals surface area contributed by atoms with E-state index in [2.05, 4.69) is 14.6 Å². The lowest BCUT2D eigenvalue weighted by molar-refractivity contribution is -0.274. The van der Waals surface area contributed by atoms with E-state index in [1.807, 2.05) is 11.9 Å². The number of halogens is 4. The van der Waals surface area contributed by atoms with Crippen molar-refractivity contribution in [3.63, 3.8) is 0 Å². The van der Waals surface area contributed by atoms with Gasteiger partial charge in [-0.25, -0.2) is 13.9 Å². The number of hydrogen-bond donors (Lipinski definition) is 0. The number of ether oxygens (including phenoxy) is 1. The second-order valence-electron chi connectivity index (χ2n) is 7.05. The molecule has 0 aliphatic carbocycles. The first-order valence-electron chi connectivity index (χ1n) is 9.23. The lowest BCUT2D eigenvalue weighted by atomic mass is 10.2. The molecule has 0 unspecified atom stereocenters. The van der Waals surface area contributed by atoms with Crippen molar-refractivity contribution in [1.82, 2.24) is 14.5 Å². The molecule has 0 atom stereocenters. The second-order valence-corrected chi connectivity index (χ2v) is 7.05. The molecule has 2 aromatic carbocycles. The summed E-state index contributed by atoms with van der Waals surface area (Å²) in [6, 6.07) is 8.71. The Morgan fingerprint density at radius 2 is 1.67 bits per heavy atom. The van der Waals surface area contributed by atoms with Crippen LogP contribution >= 0.6 is 0 Å². The number of likely N-dealkylation sites (N-methyl/N-ethyl adjacent to an activating group) is 1. The molecule has 6 nitrogen and oxygen atoms in total. The summed E-state index contributed by atoms with van der Waals surface area (Å²) in [4.78, 5) is 21.9. The molecule has 4 rings (SSSR count). The minimum atomic E-state index is -4.81. The maximum Gasteiger partial charge on any atom is 0.573 e. The molecule has 0 saturated carbocycles. The fourth-order valence-corrected chi connectivity index (χ4v) is 3.39. The van der Waals surface area contributed by atoms with E-state index in [0.717, 1.165) is 31.3 Å². The van der Waals surface area contributed by atoms with Gasteiger partial charge in [0.05, 0.1) is 16.6 Å². The van der Waals surface area contributed by atoms with E-state index in [1.165, 1.54) is 28.8 Å². The number of fused-ring (bicyclic) bond motifs is 1. The number of hydrogen-bond acceptors (Lipinski definition) is 5. The third kappa shape index (κ3) is 4.09. The quantitative estimate of drug-likeness (QED) is 0.607. The maximum atomic E-state index is 13.7. The molecule has 2 heterocycles. The van der Waals surface area contributed by atoms with E-state index >= 15 is 0 Å². The average molecular weight is 422 g/mol. The van der Waals surface area contributed by atoms with Crippen LogP contribution < -0.4 is 15.2 Å². The van der Waals surface area contributed by atoms with Crippen LogP contribution in [-0.2, 0) is 0 Å². The van der Waals surface area contributed by atoms with Crippen LogP contribution in [0.15, 0.2) is 47.3 Å². The van der Waals surface area contributed by atoms with E-state index in [0.29, 0.717) is 30.2 Å². The van der Waals surface area contributed by atoms with Crippen molar-refractivity contribution in [2.45, 2.75) is 6.36 Å². The number of rotatable bonds is 3. The smallest absolute Gasteiger partial charge is 0.406 e. The van der Waals surface area contributed by atoms with Gasteiger partial charge < -0.3 is 14.5 Å². The van der Waals surface area contributed by atoms with Crippen LogP contribution in [0.3, 0.4) is 0 Å². The summed E-state index contributed by atoms with van der Waals surface area (Å²) >= 11 is 0. The predicted octanol–water partition coefficient (Wildman–Crippen LogP) is 3.18. The fourth-order valence-electron chi connectivity index (χ4n) is 3.39. The van der Waals surface area contributed by atoms with Crippen LogP contribution in [0.5, 0.6) is 5.75 Å². The van der Waals surface area contributed by atoms with Crippen molar-refractivity contribution >= 4 is 16.9 Å². The van der Waals surface area contributed by atoms with Crippen LogP contribution in [0.4, 0.5) is 23.5 Å². The predicted molar refractivity (Wildman–Crippen MR) is 104 cm³/mol. The zero-order valence-corrected chi connectivity index (χ0v) is 16.0. The molecule has 3 aromatic rings. The third-order valence-electron chi connectivity index (χ3n) is 4.93. The van der Waals surface area contributed by atoms with Gasteiger partial charge in [-0.15, -0.1) is 13.2 Å². The van der Waals surface area contributed by atoms with E-state index in [1.54, 1.807) is 0 Å². The van der Waals surface area contributed by atoms with Gasteiger partial charge in [0, 0.05) is 26.2 Å². The SMILES string of the molecule is CN1CCN(c2nc3ccc(F)cc3c(=O)n2-c2ccc(OC(F)(F)F)cc2)CC1. The fraction of sp³-hybridized carbons (Fsp3) is 0.300. The number of nitrogens with zero attached hydrogens (tertiary/aromatic N) is 4. The van der Waals surface area contributed by atoms with Gasteiger partial charge in [-0.1, -0.05) is 0 Å². The zero-order chi connectivity index (χ0) is 21.5. The average Bonchev–Trinajstić information content (AvgIpc) is 2.69. The summed E-state index contributed by atoms with van der Waals surface area (Å²) in [5, 5.41) is 0.0866. The van der Waals surface area contributed by atoms with Gasteiger partial charge in [0.25, 0.3) is 5.56 Å². The van der Waals surface area contributed by atoms with E-state index < -0.39 is 23.5 Å². The summed E-state index contributed by atoms with van der Waals surface area (Å²) < 4.78 is 56.3. The molecular weight excluding hydrogens is 404 g/mol. The first-order chi connectivity index (χ1) is 14.2. The molecule has 1 aromatic heterocycles. The molecule has 0 amide bonds. The van der Waals surface area contributed by atoms with Crippen molar-refractivity contribution in [3.8, 4) is 11.4 Å². The number of benzene rings is 2. The second kappa shape index (κ2) is 7.60. The zero-order valence-electron chi connectivity index (χ0n) is 16.0. The molecular formula is C20H18F4N4O2. The molecule has 30 heavy (non-hydrogen) atoms. The van der Waals surface area contributed by atoms with Crippen molar-refractivity contribution in [2.75, 3.05) is 38.1 Å². The van der Waals surface area contributed by atoms with Crippen LogP contribution in [0.25, 0.3) is 16.6 Å². The van der Waals surface area contributed by atoms with E-state index in [9.17, 15) is 22.4 Å². The number of piperazine rings is 1. The summed E-state index contributed by atoms with van der Waals surface area (Å²) in [6.45, 7) is 2.75. The number of anilines is 1. The Balaban J connectivity index is 1.85. The van der Waals surface area contributed by atoms with Gasteiger partial charge in [0.15, 0.2) is 0 Å². The van der Waals surface area contributed by atoms with Crippen molar-refractivity contribution < 1.29 is 22.3 Å². The van der Waals surface area contributed by atoms with E-state index in [4.69, 9.17) is 0 Å². The molecule has 0 bridgehead atoms. The monoisotopic (exact) mass is 422 g/mol. The molecule has 1 aliphatic rings. The Labute approximate surface area is 168 Å². The summed E-state index contributed by atoms with van der Waals surface area (Å²) in [5.74, 6) is -0.619. The summed E-state index contributed by atoms with van der Waals surface area (Å²) in [5.41, 5.74) is 0.156. The Bertz CT molecular complexity index is 1120. The minimum absolute atomic E-state index is 0.0866. The first-order valence-corrected chi connectivity index (χ1v) is 9.23. The van der Waals surface area contributed by atoms with Crippen LogP contribution in [0.1, 0.15) is 0 Å². The van der Waals surface area contributed by atoms with Gasteiger partial charge in [0.1, 0.15) is 11.6 Å². The molecule has 158 valence electrons. The molecule has 1 aliphatic heterocycles. The summed E-state index contributed by atoms with van der Waals surface area (Å²) in [6.07, 6.45) is -4.81. The molecule has 0 spiro atoms. The molecule has 1 fully saturated rings. The van der Waals surface area contributed by atoms with Gasteiger partial charge in [0.2, 0.25) is 5.95 Å².